The molecule has 1 aromatic carbocycles. The third-order valence-corrected chi connectivity index (χ3v) is 2.93. The quantitative estimate of drug-likeness (QED) is 0.615. The number of ether oxygens (including phenoxy) is 1. The van der Waals surface area contributed by atoms with E-state index in [4.69, 9.17) is 10.6 Å². The standard InChI is InChI=1S/C15H19N3O/c1-2-19-14-9-13(10-17-11-14)15(18-16)8-12-6-4-3-5-7-12/h3-7,9-11,15,18H,2,8,16H2,1H3. The third-order valence-electron chi connectivity index (χ3n) is 2.93. The number of aromatic nitrogens is 1. The zero-order valence-corrected chi connectivity index (χ0v) is 11.0. The van der Waals surface area contributed by atoms with Gasteiger partial charge in [0.25, 0.3) is 0 Å². The summed E-state index contributed by atoms with van der Waals surface area (Å²) in [6, 6.07) is 12.2. The normalized spacial score (nSPS) is 12.1. The van der Waals surface area contributed by atoms with Crippen LogP contribution in [-0.2, 0) is 6.42 Å². The zero-order valence-electron chi connectivity index (χ0n) is 11.0. The second-order valence-electron chi connectivity index (χ2n) is 4.30. The lowest BCUT2D eigenvalue weighted by molar-refractivity contribution is 0.338. The van der Waals surface area contributed by atoms with Gasteiger partial charge in [-0.3, -0.25) is 16.3 Å². The molecule has 0 saturated heterocycles. The monoisotopic (exact) mass is 257 g/mol. The van der Waals surface area contributed by atoms with Gasteiger partial charge in [-0.05, 0) is 30.5 Å². The fourth-order valence-electron chi connectivity index (χ4n) is 1.99. The van der Waals surface area contributed by atoms with E-state index >= 15 is 0 Å². The lowest BCUT2D eigenvalue weighted by Crippen LogP contribution is -2.29. The van der Waals surface area contributed by atoms with E-state index in [-0.39, 0.29) is 6.04 Å². The van der Waals surface area contributed by atoms with E-state index < -0.39 is 0 Å². The summed E-state index contributed by atoms with van der Waals surface area (Å²) in [7, 11) is 0. The van der Waals surface area contributed by atoms with Crippen LogP contribution in [0.2, 0.25) is 0 Å². The molecule has 0 spiro atoms. The van der Waals surface area contributed by atoms with Crippen LogP contribution in [0.15, 0.2) is 48.8 Å². The minimum absolute atomic E-state index is 0.0234. The maximum atomic E-state index is 5.66. The summed E-state index contributed by atoms with van der Waals surface area (Å²) in [5.41, 5.74) is 5.09. The topological polar surface area (TPSA) is 60.2 Å². The summed E-state index contributed by atoms with van der Waals surface area (Å²) in [6.07, 6.45) is 4.34. The van der Waals surface area contributed by atoms with Crippen LogP contribution in [0.3, 0.4) is 0 Å². The van der Waals surface area contributed by atoms with E-state index in [1.54, 1.807) is 6.20 Å². The highest BCUT2D eigenvalue weighted by molar-refractivity contribution is 5.28. The zero-order chi connectivity index (χ0) is 13.5. The average Bonchev–Trinajstić information content (AvgIpc) is 2.46. The van der Waals surface area contributed by atoms with Gasteiger partial charge in [0.1, 0.15) is 5.75 Å². The van der Waals surface area contributed by atoms with Crippen molar-refractivity contribution < 1.29 is 4.74 Å². The molecule has 2 aromatic rings. The van der Waals surface area contributed by atoms with Crippen LogP contribution in [0.25, 0.3) is 0 Å². The molecular weight excluding hydrogens is 238 g/mol. The Balaban J connectivity index is 2.15. The third kappa shape index (κ3) is 3.77. The van der Waals surface area contributed by atoms with E-state index in [0.29, 0.717) is 6.61 Å². The van der Waals surface area contributed by atoms with Crippen LogP contribution in [-0.4, -0.2) is 11.6 Å². The van der Waals surface area contributed by atoms with Gasteiger partial charge in [0.15, 0.2) is 0 Å². The molecule has 1 aromatic heterocycles. The van der Waals surface area contributed by atoms with Gasteiger partial charge >= 0.3 is 0 Å². The van der Waals surface area contributed by atoms with Gasteiger partial charge in [0.2, 0.25) is 0 Å². The van der Waals surface area contributed by atoms with Gasteiger partial charge in [-0.25, -0.2) is 0 Å². The van der Waals surface area contributed by atoms with E-state index in [0.717, 1.165) is 17.7 Å². The first kappa shape index (κ1) is 13.5. The Morgan fingerprint density at radius 3 is 2.74 bits per heavy atom. The molecule has 0 amide bonds. The molecule has 4 nitrogen and oxygen atoms in total. The summed E-state index contributed by atoms with van der Waals surface area (Å²) in [6.45, 7) is 2.58. The first-order chi connectivity index (χ1) is 9.33. The molecule has 19 heavy (non-hydrogen) atoms. The lowest BCUT2D eigenvalue weighted by Gasteiger charge is -2.17. The summed E-state index contributed by atoms with van der Waals surface area (Å²) in [5, 5.41) is 0. The number of nitrogens with zero attached hydrogens (tertiary/aromatic N) is 1. The SMILES string of the molecule is CCOc1cncc(C(Cc2ccccc2)NN)c1. The first-order valence-corrected chi connectivity index (χ1v) is 6.41. The molecule has 0 bridgehead atoms. The number of nitrogens with two attached hydrogens (primary N) is 1. The first-order valence-electron chi connectivity index (χ1n) is 6.41. The molecule has 100 valence electrons. The van der Waals surface area contributed by atoms with Crippen molar-refractivity contribution in [2.75, 3.05) is 6.61 Å². The van der Waals surface area contributed by atoms with E-state index in [2.05, 4.69) is 22.5 Å². The summed E-state index contributed by atoms with van der Waals surface area (Å²) < 4.78 is 5.46. The number of rotatable bonds is 6. The van der Waals surface area contributed by atoms with Gasteiger partial charge in [0, 0.05) is 6.20 Å². The van der Waals surface area contributed by atoms with Crippen LogP contribution < -0.4 is 16.0 Å². The van der Waals surface area contributed by atoms with Gasteiger partial charge in [-0.15, -0.1) is 0 Å². The number of pyridine rings is 1. The van der Waals surface area contributed by atoms with Crippen LogP contribution in [0.5, 0.6) is 5.75 Å². The Morgan fingerprint density at radius 2 is 2.05 bits per heavy atom. The average molecular weight is 257 g/mol. The molecule has 1 unspecified atom stereocenters. The maximum Gasteiger partial charge on any atom is 0.137 e. The summed E-state index contributed by atoms with van der Waals surface area (Å²) in [5.74, 6) is 6.43. The Kier molecular flexibility index (Phi) is 4.89. The smallest absolute Gasteiger partial charge is 0.137 e. The fourth-order valence-corrected chi connectivity index (χ4v) is 1.99. The molecule has 2 rings (SSSR count). The molecule has 0 fully saturated rings. The van der Waals surface area contributed by atoms with Crippen LogP contribution >= 0.6 is 0 Å². The molecule has 0 aliphatic heterocycles. The second kappa shape index (κ2) is 6.87. The van der Waals surface area contributed by atoms with Crippen LogP contribution in [0, 0.1) is 0 Å². The maximum absolute atomic E-state index is 5.66. The minimum Gasteiger partial charge on any atom is -0.492 e. The Bertz CT molecular complexity index is 502. The number of hydrogen-bond donors (Lipinski definition) is 2. The summed E-state index contributed by atoms with van der Waals surface area (Å²) >= 11 is 0. The number of hydrazine groups is 1. The predicted molar refractivity (Wildman–Crippen MR) is 75.6 cm³/mol. The minimum atomic E-state index is 0.0234. The molecule has 1 heterocycles. The van der Waals surface area contributed by atoms with Gasteiger partial charge in [-0.2, -0.15) is 0 Å². The van der Waals surface area contributed by atoms with Gasteiger partial charge in [0.05, 0.1) is 18.8 Å². The number of hydrogen-bond acceptors (Lipinski definition) is 4. The van der Waals surface area contributed by atoms with E-state index in [9.17, 15) is 0 Å². The molecule has 0 radical (unpaired) electrons. The second-order valence-corrected chi connectivity index (χ2v) is 4.30. The Morgan fingerprint density at radius 1 is 1.26 bits per heavy atom. The Labute approximate surface area is 113 Å². The highest BCUT2D eigenvalue weighted by atomic mass is 16.5. The fraction of sp³-hybridized carbons (Fsp3) is 0.267. The van der Waals surface area contributed by atoms with Gasteiger partial charge in [-0.1, -0.05) is 30.3 Å². The van der Waals surface area contributed by atoms with Crippen molar-refractivity contribution in [3.63, 3.8) is 0 Å². The highest BCUT2D eigenvalue weighted by Gasteiger charge is 2.11. The summed E-state index contributed by atoms with van der Waals surface area (Å²) in [4.78, 5) is 4.19. The predicted octanol–water partition coefficient (Wildman–Crippen LogP) is 2.23. The molecule has 0 aliphatic carbocycles. The lowest BCUT2D eigenvalue weighted by atomic mass is 10.0. The molecule has 1 atom stereocenters. The van der Waals surface area contributed by atoms with Crippen LogP contribution in [0.1, 0.15) is 24.1 Å². The molecule has 4 heteroatoms. The molecule has 0 saturated carbocycles. The van der Waals surface area contributed by atoms with Crippen molar-refractivity contribution in [3.8, 4) is 5.75 Å². The largest absolute Gasteiger partial charge is 0.492 e. The highest BCUT2D eigenvalue weighted by Crippen LogP contribution is 2.20. The van der Waals surface area contributed by atoms with Crippen molar-refractivity contribution in [2.24, 2.45) is 5.84 Å². The Hall–Kier alpha value is -1.91. The molecule has 3 N–H and O–H groups in total. The van der Waals surface area contributed by atoms with Crippen LogP contribution in [0.4, 0.5) is 0 Å². The molecular formula is C15H19N3O. The van der Waals surface area contributed by atoms with Gasteiger partial charge < -0.3 is 4.74 Å². The van der Waals surface area contributed by atoms with Crippen molar-refractivity contribution >= 4 is 0 Å². The van der Waals surface area contributed by atoms with Crippen molar-refractivity contribution in [3.05, 3.63) is 59.9 Å². The van der Waals surface area contributed by atoms with Crippen molar-refractivity contribution in [1.82, 2.24) is 10.4 Å². The molecule has 0 aliphatic rings. The van der Waals surface area contributed by atoms with E-state index in [1.807, 2.05) is 37.4 Å². The number of benzene rings is 1. The van der Waals surface area contributed by atoms with Crippen molar-refractivity contribution in [1.29, 1.82) is 0 Å². The number of nitrogens with one attached hydrogen (secondary N) is 1. The van der Waals surface area contributed by atoms with Crippen molar-refractivity contribution in [2.45, 2.75) is 19.4 Å². The van der Waals surface area contributed by atoms with E-state index in [1.165, 1.54) is 5.56 Å².